The van der Waals surface area contributed by atoms with Gasteiger partial charge in [-0.25, -0.2) is 0 Å². The van der Waals surface area contributed by atoms with Crippen molar-refractivity contribution < 1.29 is 9.59 Å². The summed E-state index contributed by atoms with van der Waals surface area (Å²) in [5, 5.41) is 0. The van der Waals surface area contributed by atoms with Crippen molar-refractivity contribution in [3.05, 3.63) is 65.7 Å². The molecular weight excluding hydrogens is 250 g/mol. The molecule has 20 heavy (non-hydrogen) atoms. The highest BCUT2D eigenvalue weighted by atomic mass is 16.2. The highest BCUT2D eigenvalue weighted by molar-refractivity contribution is 6.11. The van der Waals surface area contributed by atoms with Crippen LogP contribution in [0.25, 0.3) is 0 Å². The van der Waals surface area contributed by atoms with Crippen molar-refractivity contribution in [2.24, 2.45) is 5.92 Å². The summed E-state index contributed by atoms with van der Waals surface area (Å²) in [6, 6.07) is 17.1. The van der Waals surface area contributed by atoms with Crippen LogP contribution in [0.5, 0.6) is 0 Å². The van der Waals surface area contributed by atoms with E-state index in [-0.39, 0.29) is 23.7 Å². The maximum Gasteiger partial charge on any atom is 0.228 e. The molecule has 2 unspecified atom stereocenters. The molecule has 2 atom stereocenters. The molecule has 0 N–H and O–H groups in total. The molecule has 1 amide bonds. The third-order valence-electron chi connectivity index (χ3n) is 4.24. The summed E-state index contributed by atoms with van der Waals surface area (Å²) < 4.78 is 0. The fourth-order valence-corrected chi connectivity index (χ4v) is 3.40. The molecule has 0 aromatic heterocycles. The number of hydrogen-bond donors (Lipinski definition) is 0. The van der Waals surface area contributed by atoms with Gasteiger partial charge in [-0.15, -0.1) is 0 Å². The zero-order valence-electron chi connectivity index (χ0n) is 10.8. The molecule has 1 heterocycles. The molecule has 2 aromatic rings. The molecule has 0 spiro atoms. The van der Waals surface area contributed by atoms with Crippen molar-refractivity contribution in [2.75, 3.05) is 4.90 Å². The summed E-state index contributed by atoms with van der Waals surface area (Å²) in [6.45, 7) is 0. The van der Waals surface area contributed by atoms with Crippen LogP contribution in [0.2, 0.25) is 0 Å². The van der Waals surface area contributed by atoms with E-state index < -0.39 is 0 Å². The molecular formula is C17H13NO2. The lowest BCUT2D eigenvalue weighted by atomic mass is 10.0. The Morgan fingerprint density at radius 1 is 0.900 bits per heavy atom. The summed E-state index contributed by atoms with van der Waals surface area (Å²) in [7, 11) is 0. The van der Waals surface area contributed by atoms with Gasteiger partial charge in [-0.05, 0) is 17.7 Å². The number of rotatable bonds is 1. The maximum atomic E-state index is 12.4. The summed E-state index contributed by atoms with van der Waals surface area (Å²) >= 11 is 0. The van der Waals surface area contributed by atoms with E-state index in [0.29, 0.717) is 6.42 Å². The minimum Gasteiger partial charge on any atom is -0.304 e. The highest BCUT2D eigenvalue weighted by Crippen LogP contribution is 2.48. The zero-order valence-corrected chi connectivity index (χ0v) is 10.8. The maximum absolute atomic E-state index is 12.4. The lowest BCUT2D eigenvalue weighted by molar-refractivity contribution is -0.117. The quantitative estimate of drug-likeness (QED) is 0.793. The van der Waals surface area contributed by atoms with Crippen molar-refractivity contribution in [1.29, 1.82) is 0 Å². The first-order chi connectivity index (χ1) is 9.77. The molecule has 1 fully saturated rings. The normalized spacial score (nSPS) is 23.9. The predicted molar refractivity (Wildman–Crippen MR) is 75.5 cm³/mol. The number of carbonyl (C=O) groups is 2. The van der Waals surface area contributed by atoms with E-state index in [1.165, 1.54) is 0 Å². The summed E-state index contributed by atoms with van der Waals surface area (Å²) in [6.07, 6.45) is 0.313. The molecule has 1 aliphatic carbocycles. The highest BCUT2D eigenvalue weighted by Gasteiger charge is 2.50. The second-order valence-corrected chi connectivity index (χ2v) is 5.31. The third kappa shape index (κ3) is 1.40. The van der Waals surface area contributed by atoms with Crippen LogP contribution in [0.4, 0.5) is 5.69 Å². The Morgan fingerprint density at radius 3 is 2.40 bits per heavy atom. The predicted octanol–water partition coefficient (Wildman–Crippen LogP) is 2.98. The number of nitrogens with zero attached hydrogens (tertiary/aromatic N) is 1. The van der Waals surface area contributed by atoms with Crippen molar-refractivity contribution in [1.82, 2.24) is 0 Å². The number of amides is 1. The molecule has 2 aliphatic rings. The Hall–Kier alpha value is -2.42. The van der Waals surface area contributed by atoms with Crippen LogP contribution in [-0.4, -0.2) is 11.7 Å². The van der Waals surface area contributed by atoms with E-state index in [4.69, 9.17) is 0 Å². The summed E-state index contributed by atoms with van der Waals surface area (Å²) in [4.78, 5) is 26.5. The molecule has 2 aromatic carbocycles. The fraction of sp³-hybridized carbons (Fsp3) is 0.176. The van der Waals surface area contributed by atoms with Gasteiger partial charge < -0.3 is 4.90 Å². The van der Waals surface area contributed by atoms with Crippen LogP contribution >= 0.6 is 0 Å². The standard InChI is InChI=1S/C17H13NO2/c19-15-10-14-16(18(15)11-6-2-1-3-7-11)12-8-4-5-9-13(12)17(14)20/h1-9,14,16H,10H2. The topological polar surface area (TPSA) is 37.4 Å². The summed E-state index contributed by atoms with van der Waals surface area (Å²) in [5.41, 5.74) is 2.63. The first kappa shape index (κ1) is 11.4. The average Bonchev–Trinajstić information content (AvgIpc) is 2.96. The summed E-state index contributed by atoms with van der Waals surface area (Å²) in [5.74, 6) is -0.0773. The largest absolute Gasteiger partial charge is 0.304 e. The van der Waals surface area contributed by atoms with Crippen molar-refractivity contribution in [3.8, 4) is 0 Å². The van der Waals surface area contributed by atoms with E-state index in [1.807, 2.05) is 54.6 Å². The van der Waals surface area contributed by atoms with E-state index in [0.717, 1.165) is 16.8 Å². The molecule has 98 valence electrons. The minimum atomic E-state index is -0.222. The van der Waals surface area contributed by atoms with Gasteiger partial charge in [0, 0.05) is 17.7 Å². The first-order valence-corrected chi connectivity index (χ1v) is 6.77. The molecule has 4 rings (SSSR count). The number of benzene rings is 2. The average molecular weight is 263 g/mol. The molecule has 1 saturated heterocycles. The second-order valence-electron chi connectivity index (χ2n) is 5.31. The van der Waals surface area contributed by atoms with E-state index in [9.17, 15) is 9.59 Å². The number of hydrogen-bond acceptors (Lipinski definition) is 2. The molecule has 3 nitrogen and oxygen atoms in total. The minimum absolute atomic E-state index is 0.0362. The van der Waals surface area contributed by atoms with E-state index >= 15 is 0 Å². The Bertz CT molecular complexity index is 708. The number of ketones is 1. The van der Waals surface area contributed by atoms with Crippen molar-refractivity contribution in [3.63, 3.8) is 0 Å². The smallest absolute Gasteiger partial charge is 0.228 e. The van der Waals surface area contributed by atoms with Crippen LogP contribution in [0.15, 0.2) is 54.6 Å². The number of carbonyl (C=O) groups excluding carboxylic acids is 2. The van der Waals surface area contributed by atoms with E-state index in [2.05, 4.69) is 0 Å². The molecule has 1 aliphatic heterocycles. The Morgan fingerprint density at radius 2 is 1.60 bits per heavy atom. The zero-order chi connectivity index (χ0) is 13.7. The van der Waals surface area contributed by atoms with Crippen LogP contribution in [-0.2, 0) is 4.79 Å². The van der Waals surface area contributed by atoms with Crippen LogP contribution in [0.3, 0.4) is 0 Å². The SMILES string of the molecule is O=C1c2ccccc2C2C1CC(=O)N2c1ccccc1. The van der Waals surface area contributed by atoms with Gasteiger partial charge >= 0.3 is 0 Å². The monoisotopic (exact) mass is 263 g/mol. The molecule has 0 saturated carbocycles. The van der Waals surface area contributed by atoms with Crippen molar-refractivity contribution in [2.45, 2.75) is 12.5 Å². The van der Waals surface area contributed by atoms with E-state index in [1.54, 1.807) is 4.90 Å². The van der Waals surface area contributed by atoms with Gasteiger partial charge in [-0.3, -0.25) is 9.59 Å². The number of para-hydroxylation sites is 1. The fourth-order valence-electron chi connectivity index (χ4n) is 3.40. The Labute approximate surface area is 116 Å². The van der Waals surface area contributed by atoms with Gasteiger partial charge in [0.1, 0.15) is 0 Å². The van der Waals surface area contributed by atoms with Gasteiger partial charge in [0.25, 0.3) is 0 Å². The third-order valence-corrected chi connectivity index (χ3v) is 4.24. The lowest BCUT2D eigenvalue weighted by Gasteiger charge is -2.24. The van der Waals surface area contributed by atoms with Gasteiger partial charge in [0.15, 0.2) is 5.78 Å². The first-order valence-electron chi connectivity index (χ1n) is 6.77. The van der Waals surface area contributed by atoms with Crippen LogP contribution in [0.1, 0.15) is 28.4 Å². The number of fused-ring (bicyclic) bond motifs is 3. The van der Waals surface area contributed by atoms with Gasteiger partial charge in [0.05, 0.1) is 12.0 Å². The van der Waals surface area contributed by atoms with Gasteiger partial charge in [-0.1, -0.05) is 42.5 Å². The van der Waals surface area contributed by atoms with Gasteiger partial charge in [-0.2, -0.15) is 0 Å². The van der Waals surface area contributed by atoms with Crippen LogP contribution < -0.4 is 4.90 Å². The molecule has 0 radical (unpaired) electrons. The Kier molecular flexibility index (Phi) is 2.30. The molecule has 3 heteroatoms. The number of anilines is 1. The van der Waals surface area contributed by atoms with Gasteiger partial charge in [0.2, 0.25) is 5.91 Å². The second kappa shape index (κ2) is 4.04. The lowest BCUT2D eigenvalue weighted by Crippen LogP contribution is -2.27. The van der Waals surface area contributed by atoms with Crippen LogP contribution in [0, 0.1) is 5.92 Å². The van der Waals surface area contributed by atoms with Crippen molar-refractivity contribution >= 4 is 17.4 Å². The Balaban J connectivity index is 1.87. The molecule has 0 bridgehead atoms. The number of Topliss-reactive ketones (excluding diaryl/α,β-unsaturated/α-hetero) is 1.